The van der Waals surface area contributed by atoms with Gasteiger partial charge >= 0.3 is 0 Å². The molecule has 2 N–H and O–H groups in total. The van der Waals surface area contributed by atoms with Gasteiger partial charge in [0.2, 0.25) is 0 Å². The van der Waals surface area contributed by atoms with Crippen LogP contribution < -0.4 is 5.73 Å². The minimum absolute atomic E-state index is 0.000579. The van der Waals surface area contributed by atoms with Crippen LogP contribution >= 0.6 is 15.9 Å². The van der Waals surface area contributed by atoms with Gasteiger partial charge in [0, 0.05) is 7.05 Å². The lowest BCUT2D eigenvalue weighted by Gasteiger charge is -2.18. The summed E-state index contributed by atoms with van der Waals surface area (Å²) in [4.78, 5) is 0. The van der Waals surface area contributed by atoms with E-state index in [1.54, 1.807) is 4.68 Å². The van der Waals surface area contributed by atoms with E-state index in [1.165, 1.54) is 0 Å². The first-order valence-corrected chi connectivity index (χ1v) is 5.17. The van der Waals surface area contributed by atoms with Crippen molar-refractivity contribution in [2.75, 3.05) is 0 Å². The highest BCUT2D eigenvalue weighted by atomic mass is 79.9. The van der Waals surface area contributed by atoms with E-state index >= 15 is 0 Å². The summed E-state index contributed by atoms with van der Waals surface area (Å²) in [6.45, 7) is 4.26. The molecule has 5 heteroatoms. The van der Waals surface area contributed by atoms with Crippen LogP contribution in [-0.2, 0) is 7.05 Å². The third kappa shape index (κ3) is 2.08. The Bertz CT molecular complexity index is 264. The van der Waals surface area contributed by atoms with E-state index < -0.39 is 0 Å². The molecular weight excluding hydrogens is 232 g/mol. The van der Waals surface area contributed by atoms with Gasteiger partial charge in [-0.1, -0.05) is 25.5 Å². The minimum atomic E-state index is -0.000579. The zero-order valence-electron chi connectivity index (χ0n) is 8.16. The van der Waals surface area contributed by atoms with Crippen molar-refractivity contribution in [1.82, 2.24) is 15.0 Å². The second kappa shape index (κ2) is 4.19. The molecule has 1 aromatic heterocycles. The first kappa shape index (κ1) is 10.7. The van der Waals surface area contributed by atoms with Crippen LogP contribution in [0.2, 0.25) is 0 Å². The molecule has 1 rings (SSSR count). The van der Waals surface area contributed by atoms with Crippen molar-refractivity contribution < 1.29 is 0 Å². The van der Waals surface area contributed by atoms with E-state index in [0.717, 1.165) is 16.7 Å². The summed E-state index contributed by atoms with van der Waals surface area (Å²) in [5, 5.41) is 7.80. The number of hydrogen-bond donors (Lipinski definition) is 1. The average molecular weight is 247 g/mol. The first-order chi connectivity index (χ1) is 6.07. The first-order valence-electron chi connectivity index (χ1n) is 4.38. The predicted molar refractivity (Wildman–Crippen MR) is 55.1 cm³/mol. The Balaban J connectivity index is 2.93. The van der Waals surface area contributed by atoms with E-state index in [0.29, 0.717) is 5.92 Å². The molecule has 1 heterocycles. The lowest BCUT2D eigenvalue weighted by molar-refractivity contribution is 0.432. The zero-order chi connectivity index (χ0) is 10.0. The van der Waals surface area contributed by atoms with Crippen LogP contribution in [-0.4, -0.2) is 15.0 Å². The van der Waals surface area contributed by atoms with Crippen LogP contribution in [0, 0.1) is 5.92 Å². The third-order valence-corrected chi connectivity index (χ3v) is 2.96. The Kier molecular flexibility index (Phi) is 3.44. The summed E-state index contributed by atoms with van der Waals surface area (Å²) in [7, 11) is 1.86. The quantitative estimate of drug-likeness (QED) is 0.883. The fourth-order valence-electron chi connectivity index (χ4n) is 1.22. The van der Waals surface area contributed by atoms with Gasteiger partial charge in [0.25, 0.3) is 0 Å². The smallest absolute Gasteiger partial charge is 0.153 e. The lowest BCUT2D eigenvalue weighted by atomic mass is 9.98. The second-order valence-corrected chi connectivity index (χ2v) is 4.05. The van der Waals surface area contributed by atoms with Gasteiger partial charge in [-0.05, 0) is 21.8 Å². The molecule has 0 saturated carbocycles. The highest BCUT2D eigenvalue weighted by molar-refractivity contribution is 9.10. The normalized spacial score (nSPS) is 15.8. The number of nitrogens with zero attached hydrogens (tertiary/aromatic N) is 3. The van der Waals surface area contributed by atoms with Crippen LogP contribution in [0.4, 0.5) is 0 Å². The Labute approximate surface area is 86.6 Å². The van der Waals surface area contributed by atoms with E-state index in [9.17, 15) is 0 Å². The van der Waals surface area contributed by atoms with Gasteiger partial charge in [-0.2, -0.15) is 0 Å². The number of nitrogens with two attached hydrogens (primary N) is 1. The van der Waals surface area contributed by atoms with Crippen LogP contribution in [0.5, 0.6) is 0 Å². The van der Waals surface area contributed by atoms with Gasteiger partial charge in [0.05, 0.1) is 11.7 Å². The fraction of sp³-hybridized carbons (Fsp3) is 0.750. The standard InChI is InChI=1S/C8H15BrN4/c1-4-5(2)6(10)7-8(9)11-12-13(7)3/h5-6H,4,10H2,1-3H3. The van der Waals surface area contributed by atoms with Crippen molar-refractivity contribution in [3.8, 4) is 0 Å². The zero-order valence-corrected chi connectivity index (χ0v) is 9.74. The van der Waals surface area contributed by atoms with Gasteiger partial charge < -0.3 is 5.73 Å². The van der Waals surface area contributed by atoms with Crippen molar-refractivity contribution in [2.24, 2.45) is 18.7 Å². The lowest BCUT2D eigenvalue weighted by Crippen LogP contribution is -2.21. The molecule has 0 spiro atoms. The molecule has 0 amide bonds. The molecule has 13 heavy (non-hydrogen) atoms. The average Bonchev–Trinajstić information content (AvgIpc) is 2.44. The van der Waals surface area contributed by atoms with Gasteiger partial charge in [-0.3, -0.25) is 0 Å². The maximum absolute atomic E-state index is 6.06. The van der Waals surface area contributed by atoms with E-state index in [-0.39, 0.29) is 6.04 Å². The van der Waals surface area contributed by atoms with Crippen molar-refractivity contribution in [3.05, 3.63) is 10.3 Å². The molecule has 0 aliphatic heterocycles. The van der Waals surface area contributed by atoms with Crippen molar-refractivity contribution in [2.45, 2.75) is 26.3 Å². The SMILES string of the molecule is CCC(C)C(N)c1c(Br)nnn1C. The molecule has 1 aromatic rings. The van der Waals surface area contributed by atoms with Gasteiger partial charge in [-0.15, -0.1) is 5.10 Å². The summed E-state index contributed by atoms with van der Waals surface area (Å²) < 4.78 is 2.48. The summed E-state index contributed by atoms with van der Waals surface area (Å²) in [6, 6.07) is -0.000579. The Morgan fingerprint density at radius 3 is 2.62 bits per heavy atom. The van der Waals surface area contributed by atoms with Crippen LogP contribution in [0.3, 0.4) is 0 Å². The van der Waals surface area contributed by atoms with Crippen molar-refractivity contribution in [3.63, 3.8) is 0 Å². The minimum Gasteiger partial charge on any atom is -0.322 e. The molecule has 4 nitrogen and oxygen atoms in total. The Morgan fingerprint density at radius 1 is 1.62 bits per heavy atom. The molecule has 0 aliphatic rings. The molecule has 0 radical (unpaired) electrons. The van der Waals surface area contributed by atoms with Gasteiger partial charge in [-0.25, -0.2) is 4.68 Å². The topological polar surface area (TPSA) is 56.7 Å². The highest BCUT2D eigenvalue weighted by Crippen LogP contribution is 2.25. The van der Waals surface area contributed by atoms with Crippen molar-refractivity contribution >= 4 is 15.9 Å². The second-order valence-electron chi connectivity index (χ2n) is 3.30. The number of rotatable bonds is 3. The van der Waals surface area contributed by atoms with Gasteiger partial charge in [0.1, 0.15) is 0 Å². The van der Waals surface area contributed by atoms with Gasteiger partial charge in [0.15, 0.2) is 4.60 Å². The summed E-state index contributed by atoms with van der Waals surface area (Å²) in [5.41, 5.74) is 7.03. The molecule has 0 bridgehead atoms. The Hall–Kier alpha value is -0.420. The van der Waals surface area contributed by atoms with E-state index in [4.69, 9.17) is 5.73 Å². The molecule has 2 unspecified atom stereocenters. The summed E-state index contributed by atoms with van der Waals surface area (Å²) in [5.74, 6) is 0.438. The van der Waals surface area contributed by atoms with Crippen LogP contribution in [0.15, 0.2) is 4.60 Å². The molecule has 0 aromatic carbocycles. The maximum atomic E-state index is 6.06. The van der Waals surface area contributed by atoms with Crippen LogP contribution in [0.25, 0.3) is 0 Å². The van der Waals surface area contributed by atoms with Crippen LogP contribution in [0.1, 0.15) is 32.0 Å². The molecule has 0 aliphatic carbocycles. The molecular formula is C8H15BrN4. The summed E-state index contributed by atoms with van der Waals surface area (Å²) >= 11 is 3.34. The van der Waals surface area contributed by atoms with E-state index in [2.05, 4.69) is 40.1 Å². The molecule has 0 fully saturated rings. The molecule has 0 saturated heterocycles. The maximum Gasteiger partial charge on any atom is 0.153 e. The highest BCUT2D eigenvalue weighted by Gasteiger charge is 2.20. The van der Waals surface area contributed by atoms with E-state index in [1.807, 2.05) is 7.05 Å². The molecule has 74 valence electrons. The number of aryl methyl sites for hydroxylation is 1. The molecule has 2 atom stereocenters. The number of aromatic nitrogens is 3. The summed E-state index contributed by atoms with van der Waals surface area (Å²) in [6.07, 6.45) is 1.05. The predicted octanol–water partition coefficient (Wildman–Crippen LogP) is 1.62. The Morgan fingerprint density at radius 2 is 2.23 bits per heavy atom. The fourth-order valence-corrected chi connectivity index (χ4v) is 1.81. The number of hydrogen-bond acceptors (Lipinski definition) is 3. The largest absolute Gasteiger partial charge is 0.322 e. The monoisotopic (exact) mass is 246 g/mol. The number of halogens is 1. The third-order valence-electron chi connectivity index (χ3n) is 2.40. The van der Waals surface area contributed by atoms with Crippen molar-refractivity contribution in [1.29, 1.82) is 0 Å².